The fraction of sp³-hybridized carbons (Fsp3) is 0.333. The molecule has 0 aliphatic heterocycles. The molecule has 0 aromatic carbocycles. The van der Waals surface area contributed by atoms with Crippen molar-refractivity contribution in [2.75, 3.05) is 0 Å². The van der Waals surface area contributed by atoms with E-state index in [0.29, 0.717) is 0 Å². The number of carboxylic acids is 1. The van der Waals surface area contributed by atoms with Gasteiger partial charge in [0.15, 0.2) is 0 Å². The van der Waals surface area contributed by atoms with Gasteiger partial charge in [-0.3, -0.25) is 14.5 Å². The summed E-state index contributed by atoms with van der Waals surface area (Å²) in [4.78, 5) is 27.2. The third kappa shape index (κ3) is 2.57. The lowest BCUT2D eigenvalue weighted by Gasteiger charge is -2.23. The molecule has 1 amide bonds. The summed E-state index contributed by atoms with van der Waals surface area (Å²) in [5.41, 5.74) is 2.31. The molecule has 3 rings (SSSR count). The molecule has 1 atom stereocenters. The van der Waals surface area contributed by atoms with Gasteiger partial charge >= 0.3 is 5.97 Å². The second kappa shape index (κ2) is 5.59. The van der Waals surface area contributed by atoms with Crippen LogP contribution in [0.2, 0.25) is 0 Å². The second-order valence-corrected chi connectivity index (χ2v) is 5.32. The number of carboxylic acid groups (broad SMARTS) is 1. The number of carbonyl (C=O) groups excluding carboxylic acids is 1. The van der Waals surface area contributed by atoms with Gasteiger partial charge < -0.3 is 10.4 Å². The number of hydrogen-bond acceptors (Lipinski definition) is 4. The summed E-state index contributed by atoms with van der Waals surface area (Å²) >= 11 is 0. The largest absolute Gasteiger partial charge is 0.478 e. The molecular formula is C15H16N4O3. The van der Waals surface area contributed by atoms with Crippen molar-refractivity contribution >= 4 is 11.9 Å². The quantitative estimate of drug-likeness (QED) is 0.891. The van der Waals surface area contributed by atoms with Crippen LogP contribution in [0.15, 0.2) is 24.5 Å². The number of fused-ring (bicyclic) bond motifs is 1. The highest BCUT2D eigenvalue weighted by atomic mass is 16.4. The third-order valence-corrected chi connectivity index (χ3v) is 3.92. The molecule has 0 radical (unpaired) electrons. The van der Waals surface area contributed by atoms with Crippen LogP contribution in [0.4, 0.5) is 0 Å². The lowest BCUT2D eigenvalue weighted by molar-refractivity contribution is 0.0696. The zero-order chi connectivity index (χ0) is 15.7. The number of aromatic nitrogens is 3. The average molecular weight is 300 g/mol. The van der Waals surface area contributed by atoms with Crippen molar-refractivity contribution in [1.29, 1.82) is 0 Å². The minimum atomic E-state index is -1.08. The van der Waals surface area contributed by atoms with Crippen LogP contribution in [0, 0.1) is 0 Å². The van der Waals surface area contributed by atoms with Crippen LogP contribution in [0.5, 0.6) is 0 Å². The van der Waals surface area contributed by atoms with E-state index in [9.17, 15) is 9.59 Å². The normalized spacial score (nSPS) is 16.9. The first kappa shape index (κ1) is 14.2. The number of carbonyl (C=O) groups is 2. The van der Waals surface area contributed by atoms with E-state index in [4.69, 9.17) is 5.11 Å². The Morgan fingerprint density at radius 3 is 3.05 bits per heavy atom. The first-order valence-electron chi connectivity index (χ1n) is 7.07. The molecule has 2 heterocycles. The average Bonchev–Trinajstić information content (AvgIpc) is 2.90. The van der Waals surface area contributed by atoms with Crippen LogP contribution in [-0.2, 0) is 13.5 Å². The molecule has 2 N–H and O–H groups in total. The lowest BCUT2D eigenvalue weighted by Crippen LogP contribution is -2.31. The number of nitrogens with one attached hydrogen (secondary N) is 1. The van der Waals surface area contributed by atoms with E-state index in [2.05, 4.69) is 15.4 Å². The molecule has 22 heavy (non-hydrogen) atoms. The maximum Gasteiger partial charge on any atom is 0.335 e. The van der Waals surface area contributed by atoms with Gasteiger partial charge in [0.1, 0.15) is 5.69 Å². The van der Waals surface area contributed by atoms with Crippen molar-refractivity contribution in [3.8, 4) is 0 Å². The van der Waals surface area contributed by atoms with Crippen molar-refractivity contribution in [3.05, 3.63) is 47.0 Å². The van der Waals surface area contributed by atoms with Gasteiger partial charge in [-0.15, -0.1) is 0 Å². The molecule has 1 aliphatic rings. The van der Waals surface area contributed by atoms with Crippen LogP contribution in [-0.4, -0.2) is 31.7 Å². The Hall–Kier alpha value is -2.70. The fourth-order valence-corrected chi connectivity index (χ4v) is 2.78. The van der Waals surface area contributed by atoms with Crippen LogP contribution in [0.3, 0.4) is 0 Å². The van der Waals surface area contributed by atoms with Crippen molar-refractivity contribution in [2.45, 2.75) is 25.3 Å². The van der Waals surface area contributed by atoms with Crippen molar-refractivity contribution in [3.63, 3.8) is 0 Å². The molecule has 0 spiro atoms. The van der Waals surface area contributed by atoms with Crippen molar-refractivity contribution in [1.82, 2.24) is 20.1 Å². The molecular weight excluding hydrogens is 284 g/mol. The molecule has 2 aromatic rings. The highest BCUT2D eigenvalue weighted by Crippen LogP contribution is 2.29. The van der Waals surface area contributed by atoms with E-state index in [0.717, 1.165) is 30.5 Å². The maximum atomic E-state index is 12.3. The standard InChI is InChI=1S/C15H16N4O3/c1-19-13-4-2-3-11(10(13)8-17-19)18-14(20)12-7-9(15(21)22)5-6-16-12/h5-8,11H,2-4H2,1H3,(H,18,20)(H,21,22). The molecule has 7 nitrogen and oxygen atoms in total. The van der Waals surface area contributed by atoms with Gasteiger partial charge in [-0.25, -0.2) is 4.79 Å². The second-order valence-electron chi connectivity index (χ2n) is 5.32. The first-order chi connectivity index (χ1) is 10.6. The summed E-state index contributed by atoms with van der Waals surface area (Å²) in [6, 6.07) is 2.53. The summed E-state index contributed by atoms with van der Waals surface area (Å²) in [5.74, 6) is -1.45. The van der Waals surface area contributed by atoms with E-state index in [1.165, 1.54) is 18.3 Å². The highest BCUT2D eigenvalue weighted by molar-refractivity contribution is 5.96. The Bertz CT molecular complexity index is 738. The van der Waals surface area contributed by atoms with Crippen LogP contribution >= 0.6 is 0 Å². The first-order valence-corrected chi connectivity index (χ1v) is 7.07. The Morgan fingerprint density at radius 1 is 1.45 bits per heavy atom. The van der Waals surface area contributed by atoms with E-state index in [-0.39, 0.29) is 23.2 Å². The number of nitrogens with zero attached hydrogens (tertiary/aromatic N) is 3. The zero-order valence-corrected chi connectivity index (χ0v) is 12.1. The number of aryl methyl sites for hydroxylation is 1. The molecule has 1 aliphatic carbocycles. The Kier molecular flexibility index (Phi) is 3.62. The Labute approximate surface area is 127 Å². The van der Waals surface area contributed by atoms with Crippen LogP contribution in [0.1, 0.15) is 51.0 Å². The topological polar surface area (TPSA) is 97.1 Å². The van der Waals surface area contributed by atoms with Crippen LogP contribution < -0.4 is 5.32 Å². The summed E-state index contributed by atoms with van der Waals surface area (Å²) in [6.07, 6.45) is 5.86. The van der Waals surface area contributed by atoms with E-state index in [1.807, 2.05) is 11.7 Å². The molecule has 7 heteroatoms. The predicted octanol–water partition coefficient (Wildman–Crippen LogP) is 1.32. The zero-order valence-electron chi connectivity index (χ0n) is 12.1. The Balaban J connectivity index is 1.81. The summed E-state index contributed by atoms with van der Waals surface area (Å²) < 4.78 is 1.83. The van der Waals surface area contributed by atoms with Gasteiger partial charge in [0.05, 0.1) is 17.8 Å². The molecule has 114 valence electrons. The highest BCUT2D eigenvalue weighted by Gasteiger charge is 2.25. The molecule has 0 fully saturated rings. The summed E-state index contributed by atoms with van der Waals surface area (Å²) in [7, 11) is 1.89. The van der Waals surface area contributed by atoms with Gasteiger partial charge in [0, 0.05) is 24.5 Å². The van der Waals surface area contributed by atoms with Gasteiger partial charge in [-0.2, -0.15) is 5.10 Å². The minimum absolute atomic E-state index is 0.0471. The van der Waals surface area contributed by atoms with Gasteiger partial charge in [0.25, 0.3) is 5.91 Å². The van der Waals surface area contributed by atoms with E-state index < -0.39 is 5.97 Å². The number of amides is 1. The smallest absolute Gasteiger partial charge is 0.335 e. The molecule has 0 bridgehead atoms. The van der Waals surface area contributed by atoms with E-state index >= 15 is 0 Å². The molecule has 1 unspecified atom stereocenters. The number of pyridine rings is 1. The molecule has 0 saturated carbocycles. The van der Waals surface area contributed by atoms with Crippen molar-refractivity contribution in [2.24, 2.45) is 7.05 Å². The number of hydrogen-bond donors (Lipinski definition) is 2. The molecule has 0 saturated heterocycles. The number of aromatic carboxylic acids is 1. The monoisotopic (exact) mass is 300 g/mol. The summed E-state index contributed by atoms with van der Waals surface area (Å²) in [5, 5.41) is 16.1. The third-order valence-electron chi connectivity index (χ3n) is 3.92. The fourth-order valence-electron chi connectivity index (χ4n) is 2.78. The lowest BCUT2D eigenvalue weighted by atomic mass is 9.93. The van der Waals surface area contributed by atoms with Crippen LogP contribution in [0.25, 0.3) is 0 Å². The minimum Gasteiger partial charge on any atom is -0.478 e. The maximum absolute atomic E-state index is 12.3. The summed E-state index contributed by atoms with van der Waals surface area (Å²) in [6.45, 7) is 0. The number of rotatable bonds is 3. The van der Waals surface area contributed by atoms with Gasteiger partial charge in [0.2, 0.25) is 0 Å². The van der Waals surface area contributed by atoms with Gasteiger partial charge in [-0.05, 0) is 31.4 Å². The van der Waals surface area contributed by atoms with Crippen molar-refractivity contribution < 1.29 is 14.7 Å². The molecule has 2 aromatic heterocycles. The SMILES string of the molecule is Cn1ncc2c1CCCC2NC(=O)c1cc(C(=O)O)ccn1. The Morgan fingerprint density at radius 2 is 2.27 bits per heavy atom. The predicted molar refractivity (Wildman–Crippen MR) is 77.5 cm³/mol. The van der Waals surface area contributed by atoms with Gasteiger partial charge in [-0.1, -0.05) is 0 Å². The van der Waals surface area contributed by atoms with E-state index in [1.54, 1.807) is 6.20 Å².